The van der Waals surface area contributed by atoms with Crippen molar-refractivity contribution < 1.29 is 9.90 Å². The minimum Gasteiger partial charge on any atom is -0.481 e. The number of carboxylic acids is 1. The monoisotopic (exact) mass is 388 g/mol. The topological polar surface area (TPSA) is 37.3 Å². The van der Waals surface area contributed by atoms with E-state index in [1.807, 2.05) is 18.2 Å². The highest BCUT2D eigenvalue weighted by atomic mass is 16.4. The molecule has 0 radical (unpaired) electrons. The summed E-state index contributed by atoms with van der Waals surface area (Å²) in [6, 6.07) is 8.00. The van der Waals surface area contributed by atoms with Crippen LogP contribution in [0.1, 0.15) is 121 Å². The van der Waals surface area contributed by atoms with Crippen LogP contribution in [0, 0.1) is 0 Å². The molecule has 0 aliphatic rings. The Morgan fingerprint density at radius 1 is 0.643 bits per heavy atom. The first-order valence-electron chi connectivity index (χ1n) is 12.0. The lowest BCUT2D eigenvalue weighted by atomic mass is 9.98. The summed E-state index contributed by atoms with van der Waals surface area (Å²) in [6.07, 6.45) is 23.3. The lowest BCUT2D eigenvalue weighted by Gasteiger charge is -2.07. The van der Waals surface area contributed by atoms with Gasteiger partial charge in [0.25, 0.3) is 0 Å². The molecule has 0 aliphatic carbocycles. The summed E-state index contributed by atoms with van der Waals surface area (Å²) in [7, 11) is 0. The van der Waals surface area contributed by atoms with Gasteiger partial charge in [-0.15, -0.1) is 0 Å². The molecular weight excluding hydrogens is 344 g/mol. The highest BCUT2D eigenvalue weighted by Gasteiger charge is 2.05. The van der Waals surface area contributed by atoms with Crippen molar-refractivity contribution in [2.24, 2.45) is 0 Å². The van der Waals surface area contributed by atoms with Gasteiger partial charge in [-0.3, -0.25) is 4.79 Å². The Balaban J connectivity index is 1.88. The fraction of sp³-hybridized carbons (Fsp3) is 0.731. The maximum absolute atomic E-state index is 10.9. The fourth-order valence-corrected chi connectivity index (χ4v) is 4.00. The number of aliphatic carboxylic acids is 1. The summed E-state index contributed by atoms with van der Waals surface area (Å²) in [5, 5.41) is 9.00. The van der Waals surface area contributed by atoms with E-state index in [-0.39, 0.29) is 6.42 Å². The van der Waals surface area contributed by atoms with E-state index in [1.165, 1.54) is 108 Å². The normalized spacial score (nSPS) is 11.0. The van der Waals surface area contributed by atoms with E-state index in [4.69, 9.17) is 5.11 Å². The molecule has 0 fully saturated rings. The molecule has 1 rings (SSSR count). The molecule has 0 aromatic heterocycles. The van der Waals surface area contributed by atoms with Crippen LogP contribution >= 0.6 is 0 Å². The molecular formula is C26H44O2. The van der Waals surface area contributed by atoms with Gasteiger partial charge in [-0.2, -0.15) is 0 Å². The Kier molecular flexibility index (Phi) is 15.7. The molecule has 0 bridgehead atoms. The van der Waals surface area contributed by atoms with Crippen molar-refractivity contribution in [2.45, 2.75) is 122 Å². The summed E-state index contributed by atoms with van der Waals surface area (Å²) in [5.41, 5.74) is 2.20. The molecule has 0 saturated carbocycles. The second kappa shape index (κ2) is 17.8. The van der Waals surface area contributed by atoms with E-state index in [9.17, 15) is 4.79 Å². The molecule has 1 aromatic rings. The second-order valence-electron chi connectivity index (χ2n) is 8.39. The van der Waals surface area contributed by atoms with Crippen LogP contribution in [0.5, 0.6) is 0 Å². The van der Waals surface area contributed by atoms with Gasteiger partial charge in [-0.1, -0.05) is 128 Å². The molecule has 0 unspecified atom stereocenters. The minimum atomic E-state index is -0.737. The van der Waals surface area contributed by atoms with E-state index >= 15 is 0 Å². The lowest BCUT2D eigenvalue weighted by molar-refractivity contribution is -0.136. The Morgan fingerprint density at radius 3 is 1.46 bits per heavy atom. The summed E-state index contributed by atoms with van der Waals surface area (Å²) in [5.74, 6) is -0.737. The van der Waals surface area contributed by atoms with Crippen LogP contribution in [0.25, 0.3) is 0 Å². The van der Waals surface area contributed by atoms with Crippen LogP contribution in [0.4, 0.5) is 0 Å². The zero-order valence-electron chi connectivity index (χ0n) is 18.4. The van der Waals surface area contributed by atoms with Crippen LogP contribution in [0.3, 0.4) is 0 Å². The number of hydrogen-bond donors (Lipinski definition) is 1. The van der Waals surface area contributed by atoms with Gasteiger partial charge in [0, 0.05) is 0 Å². The molecule has 2 nitrogen and oxygen atoms in total. The predicted molar refractivity (Wildman–Crippen MR) is 121 cm³/mol. The van der Waals surface area contributed by atoms with Gasteiger partial charge in [0.05, 0.1) is 6.42 Å². The molecule has 1 aromatic carbocycles. The van der Waals surface area contributed by atoms with Gasteiger partial charge in [-0.05, 0) is 24.0 Å². The van der Waals surface area contributed by atoms with E-state index in [1.54, 1.807) is 0 Å². The van der Waals surface area contributed by atoms with Crippen molar-refractivity contribution >= 4 is 5.97 Å². The van der Waals surface area contributed by atoms with Gasteiger partial charge < -0.3 is 5.11 Å². The molecule has 1 N–H and O–H groups in total. The van der Waals surface area contributed by atoms with Crippen LogP contribution in [0.15, 0.2) is 24.3 Å². The number of aryl methyl sites for hydroxylation is 1. The lowest BCUT2D eigenvalue weighted by Crippen LogP contribution is -2.03. The van der Waals surface area contributed by atoms with Gasteiger partial charge in [0.15, 0.2) is 0 Å². The molecule has 0 atom stereocenters. The molecule has 28 heavy (non-hydrogen) atoms. The molecule has 0 aliphatic heterocycles. The molecule has 2 heteroatoms. The first-order valence-corrected chi connectivity index (χ1v) is 12.0. The Hall–Kier alpha value is -1.31. The average Bonchev–Trinajstić information content (AvgIpc) is 2.68. The maximum atomic E-state index is 10.9. The zero-order chi connectivity index (χ0) is 20.3. The zero-order valence-corrected chi connectivity index (χ0v) is 18.4. The first-order chi connectivity index (χ1) is 13.7. The number of unbranched alkanes of at least 4 members (excludes halogenated alkanes) is 15. The predicted octanol–water partition coefficient (Wildman–Crippen LogP) is 8.12. The van der Waals surface area contributed by atoms with Gasteiger partial charge in [-0.25, -0.2) is 0 Å². The second-order valence-corrected chi connectivity index (χ2v) is 8.39. The van der Waals surface area contributed by atoms with E-state index < -0.39 is 5.97 Å². The number of rotatable bonds is 19. The SMILES string of the molecule is CCCCCCCCCCCCCCCCCCc1ccccc1CC(=O)O. The van der Waals surface area contributed by atoms with E-state index in [0.717, 1.165) is 12.0 Å². The van der Waals surface area contributed by atoms with Gasteiger partial charge in [0.2, 0.25) is 0 Å². The average molecular weight is 389 g/mol. The summed E-state index contributed by atoms with van der Waals surface area (Å²) in [6.45, 7) is 2.28. The quantitative estimate of drug-likeness (QED) is 0.243. The summed E-state index contributed by atoms with van der Waals surface area (Å²) >= 11 is 0. The summed E-state index contributed by atoms with van der Waals surface area (Å²) < 4.78 is 0. The van der Waals surface area contributed by atoms with Crippen LogP contribution in [0.2, 0.25) is 0 Å². The Bertz CT molecular complexity index is 495. The van der Waals surface area contributed by atoms with Crippen LogP contribution < -0.4 is 0 Å². The molecule has 0 heterocycles. The van der Waals surface area contributed by atoms with Crippen LogP contribution in [-0.2, 0) is 17.6 Å². The van der Waals surface area contributed by atoms with Crippen molar-refractivity contribution in [3.8, 4) is 0 Å². The third kappa shape index (κ3) is 13.8. The minimum absolute atomic E-state index is 0.148. The van der Waals surface area contributed by atoms with Crippen molar-refractivity contribution in [3.63, 3.8) is 0 Å². The number of carbonyl (C=O) groups is 1. The van der Waals surface area contributed by atoms with E-state index in [2.05, 4.69) is 13.0 Å². The van der Waals surface area contributed by atoms with Crippen molar-refractivity contribution in [2.75, 3.05) is 0 Å². The van der Waals surface area contributed by atoms with Crippen LogP contribution in [-0.4, -0.2) is 11.1 Å². The Labute approximate surface area is 174 Å². The number of benzene rings is 1. The Morgan fingerprint density at radius 2 is 1.04 bits per heavy atom. The summed E-state index contributed by atoms with van der Waals surface area (Å²) in [4.78, 5) is 10.9. The van der Waals surface area contributed by atoms with Crippen molar-refractivity contribution in [3.05, 3.63) is 35.4 Å². The standard InChI is InChI=1S/C26H44O2/c1-2-3-4-5-6-7-8-9-10-11-12-13-14-15-16-17-20-24-21-18-19-22-25(24)23-26(27)28/h18-19,21-22H,2-17,20,23H2,1H3,(H,27,28). The van der Waals surface area contributed by atoms with Crippen molar-refractivity contribution in [1.29, 1.82) is 0 Å². The first kappa shape index (κ1) is 24.7. The third-order valence-corrected chi connectivity index (χ3v) is 5.76. The molecule has 0 amide bonds. The highest BCUT2D eigenvalue weighted by Crippen LogP contribution is 2.16. The maximum Gasteiger partial charge on any atom is 0.307 e. The number of carboxylic acid groups (broad SMARTS) is 1. The highest BCUT2D eigenvalue weighted by molar-refractivity contribution is 5.70. The van der Waals surface area contributed by atoms with Crippen molar-refractivity contribution in [1.82, 2.24) is 0 Å². The molecule has 0 saturated heterocycles. The fourth-order valence-electron chi connectivity index (χ4n) is 4.00. The third-order valence-electron chi connectivity index (χ3n) is 5.76. The van der Waals surface area contributed by atoms with Gasteiger partial charge >= 0.3 is 5.97 Å². The molecule has 0 spiro atoms. The van der Waals surface area contributed by atoms with Gasteiger partial charge in [0.1, 0.15) is 0 Å². The smallest absolute Gasteiger partial charge is 0.307 e. The van der Waals surface area contributed by atoms with E-state index in [0.29, 0.717) is 0 Å². The largest absolute Gasteiger partial charge is 0.481 e. The molecule has 160 valence electrons. The number of hydrogen-bond acceptors (Lipinski definition) is 1.